The first-order valence-electron chi connectivity index (χ1n) is 5.92. The number of ether oxygens (including phenoxy) is 1. The van der Waals surface area contributed by atoms with Crippen LogP contribution in [0.2, 0.25) is 0 Å². The van der Waals surface area contributed by atoms with Gasteiger partial charge in [0.05, 0.1) is 0 Å². The van der Waals surface area contributed by atoms with Crippen molar-refractivity contribution in [2.75, 3.05) is 26.8 Å². The van der Waals surface area contributed by atoms with Gasteiger partial charge in [-0.05, 0) is 25.7 Å². The predicted octanol–water partition coefficient (Wildman–Crippen LogP) is 2.55. The summed E-state index contributed by atoms with van der Waals surface area (Å²) in [5.41, 5.74) is 0. The third-order valence-corrected chi connectivity index (χ3v) is 2.26. The molecule has 0 spiro atoms. The highest BCUT2D eigenvalue weighted by atomic mass is 16.5. The fourth-order valence-corrected chi connectivity index (χ4v) is 1.13. The van der Waals surface area contributed by atoms with Gasteiger partial charge in [0, 0.05) is 26.8 Å². The molecule has 1 heterocycles. The van der Waals surface area contributed by atoms with Gasteiger partial charge in [0.1, 0.15) is 0 Å². The molecule has 0 unspecified atom stereocenters. The molecule has 0 aromatic heterocycles. The molecule has 0 aliphatic carbocycles. The van der Waals surface area contributed by atoms with Gasteiger partial charge in [0.25, 0.3) is 0 Å². The Morgan fingerprint density at radius 3 is 2.00 bits per heavy atom. The van der Waals surface area contributed by atoms with Crippen LogP contribution in [-0.4, -0.2) is 38.1 Å². The van der Waals surface area contributed by atoms with Gasteiger partial charge in [-0.3, -0.25) is 4.79 Å². The second-order valence-electron chi connectivity index (χ2n) is 3.40. The van der Waals surface area contributed by atoms with E-state index >= 15 is 0 Å². The molecule has 0 radical (unpaired) electrons. The van der Waals surface area contributed by atoms with E-state index in [0.717, 1.165) is 32.0 Å². The summed E-state index contributed by atoms with van der Waals surface area (Å²) in [6.45, 7) is 10.9. The van der Waals surface area contributed by atoms with Crippen LogP contribution in [0.1, 0.15) is 40.5 Å². The van der Waals surface area contributed by atoms with Crippen LogP contribution in [0.3, 0.4) is 0 Å². The summed E-state index contributed by atoms with van der Waals surface area (Å²) < 4.78 is 4.54. The average Bonchev–Trinajstić information content (AvgIpc) is 2.33. The highest BCUT2D eigenvalue weighted by Gasteiger charge is 2.12. The Morgan fingerprint density at radius 2 is 1.73 bits per heavy atom. The molecule has 1 aliphatic rings. The van der Waals surface area contributed by atoms with Crippen LogP contribution in [0.25, 0.3) is 0 Å². The molecule has 3 heteroatoms. The molecule has 1 saturated heterocycles. The van der Waals surface area contributed by atoms with Gasteiger partial charge in [-0.15, -0.1) is 0 Å². The smallest absolute Gasteiger partial charge is 0.209 e. The Morgan fingerprint density at radius 1 is 1.33 bits per heavy atom. The average molecular weight is 217 g/mol. The second-order valence-corrected chi connectivity index (χ2v) is 3.40. The molecule has 1 fully saturated rings. The number of amides is 1. The van der Waals surface area contributed by atoms with Gasteiger partial charge in [-0.2, -0.15) is 0 Å². The highest BCUT2D eigenvalue weighted by Crippen LogP contribution is 2.13. The monoisotopic (exact) mass is 217 g/mol. The molecule has 0 aromatic rings. The molecule has 0 atom stereocenters. The van der Waals surface area contributed by atoms with Crippen LogP contribution in [0, 0.1) is 5.92 Å². The minimum atomic E-state index is 0.819. The van der Waals surface area contributed by atoms with E-state index in [1.165, 1.54) is 12.8 Å². The number of carbonyl (C=O) groups is 1. The van der Waals surface area contributed by atoms with Crippen molar-refractivity contribution < 1.29 is 9.53 Å². The number of methoxy groups -OCH3 is 1. The van der Waals surface area contributed by atoms with E-state index < -0.39 is 0 Å². The van der Waals surface area contributed by atoms with Crippen molar-refractivity contribution in [3.63, 3.8) is 0 Å². The maximum atomic E-state index is 10.2. The van der Waals surface area contributed by atoms with Crippen molar-refractivity contribution in [2.45, 2.75) is 40.5 Å². The molecular formula is C12H27NO2. The fraction of sp³-hybridized carbons (Fsp3) is 0.917. The molecular weight excluding hydrogens is 190 g/mol. The third-order valence-electron chi connectivity index (χ3n) is 2.26. The summed E-state index contributed by atoms with van der Waals surface area (Å²) in [5, 5.41) is 0. The normalized spacial score (nSPS) is 15.7. The van der Waals surface area contributed by atoms with Crippen LogP contribution in [0.4, 0.5) is 0 Å². The van der Waals surface area contributed by atoms with Crippen molar-refractivity contribution >= 4 is 6.41 Å². The van der Waals surface area contributed by atoms with Crippen LogP contribution < -0.4 is 0 Å². The minimum absolute atomic E-state index is 0.819. The summed E-state index contributed by atoms with van der Waals surface area (Å²) in [7, 11) is 1.68. The standard InChI is InChI=1S/C7H13NO.C3H8O.C2H6/c1-7-2-4-8(6-9)5-3-7;1-3-4-2;1-2/h6-7H,2-5H2,1H3;3H2,1-2H3;1-2H3. The quantitative estimate of drug-likeness (QED) is 0.665. The number of piperidine rings is 1. The summed E-state index contributed by atoms with van der Waals surface area (Å²) in [6.07, 6.45) is 3.31. The van der Waals surface area contributed by atoms with E-state index in [1.807, 2.05) is 25.7 Å². The Hall–Kier alpha value is -0.570. The van der Waals surface area contributed by atoms with Gasteiger partial charge in [0.2, 0.25) is 6.41 Å². The second kappa shape index (κ2) is 13.4. The first-order valence-corrected chi connectivity index (χ1v) is 5.92. The van der Waals surface area contributed by atoms with Crippen molar-refractivity contribution in [3.05, 3.63) is 0 Å². The number of carbonyl (C=O) groups excluding carboxylic acids is 1. The van der Waals surface area contributed by atoms with Crippen molar-refractivity contribution in [2.24, 2.45) is 5.92 Å². The lowest BCUT2D eigenvalue weighted by Gasteiger charge is -2.26. The first-order chi connectivity index (χ1) is 7.24. The number of hydrogen-bond acceptors (Lipinski definition) is 2. The number of rotatable bonds is 2. The Labute approximate surface area is 94.8 Å². The van der Waals surface area contributed by atoms with Crippen molar-refractivity contribution in [3.8, 4) is 0 Å². The molecule has 0 saturated carbocycles. The van der Waals surface area contributed by atoms with E-state index in [1.54, 1.807) is 7.11 Å². The van der Waals surface area contributed by atoms with E-state index in [0.29, 0.717) is 0 Å². The first kappa shape index (κ1) is 16.8. The number of likely N-dealkylation sites (tertiary alicyclic amines) is 1. The zero-order valence-electron chi connectivity index (χ0n) is 11.0. The van der Waals surface area contributed by atoms with Gasteiger partial charge >= 0.3 is 0 Å². The fourth-order valence-electron chi connectivity index (χ4n) is 1.13. The van der Waals surface area contributed by atoms with E-state index in [4.69, 9.17) is 0 Å². The predicted molar refractivity (Wildman–Crippen MR) is 64.9 cm³/mol. The van der Waals surface area contributed by atoms with Crippen LogP contribution >= 0.6 is 0 Å². The van der Waals surface area contributed by atoms with E-state index in [9.17, 15) is 4.79 Å². The molecule has 1 rings (SSSR count). The molecule has 92 valence electrons. The van der Waals surface area contributed by atoms with Crippen molar-refractivity contribution in [1.82, 2.24) is 4.90 Å². The van der Waals surface area contributed by atoms with Gasteiger partial charge in [-0.1, -0.05) is 20.8 Å². The van der Waals surface area contributed by atoms with E-state index in [2.05, 4.69) is 11.7 Å². The van der Waals surface area contributed by atoms with Crippen molar-refractivity contribution in [1.29, 1.82) is 0 Å². The van der Waals surface area contributed by atoms with Crippen LogP contribution in [0.5, 0.6) is 0 Å². The number of nitrogens with zero attached hydrogens (tertiary/aromatic N) is 1. The zero-order chi connectivity index (χ0) is 12.1. The third kappa shape index (κ3) is 11.4. The van der Waals surface area contributed by atoms with Gasteiger partial charge < -0.3 is 9.64 Å². The van der Waals surface area contributed by atoms with Crippen LogP contribution in [-0.2, 0) is 9.53 Å². The molecule has 0 aromatic carbocycles. The maximum absolute atomic E-state index is 10.2. The maximum Gasteiger partial charge on any atom is 0.209 e. The van der Waals surface area contributed by atoms with Crippen LogP contribution in [0.15, 0.2) is 0 Å². The molecule has 15 heavy (non-hydrogen) atoms. The Bertz CT molecular complexity index is 119. The summed E-state index contributed by atoms with van der Waals surface area (Å²) in [6, 6.07) is 0. The highest BCUT2D eigenvalue weighted by molar-refractivity contribution is 5.46. The lowest BCUT2D eigenvalue weighted by atomic mass is 10.00. The molecule has 3 nitrogen and oxygen atoms in total. The van der Waals surface area contributed by atoms with Gasteiger partial charge in [-0.25, -0.2) is 0 Å². The molecule has 0 bridgehead atoms. The number of hydrogen-bond donors (Lipinski definition) is 0. The minimum Gasteiger partial charge on any atom is -0.385 e. The topological polar surface area (TPSA) is 29.5 Å². The Kier molecular flexibility index (Phi) is 15.1. The zero-order valence-corrected chi connectivity index (χ0v) is 11.0. The Balaban J connectivity index is 0. The largest absolute Gasteiger partial charge is 0.385 e. The molecule has 0 N–H and O–H groups in total. The van der Waals surface area contributed by atoms with Gasteiger partial charge in [0.15, 0.2) is 0 Å². The SMILES string of the molecule is CC.CC1CCN(C=O)CC1.CCOC. The molecule has 1 aliphatic heterocycles. The lowest BCUT2D eigenvalue weighted by Crippen LogP contribution is -2.31. The molecule has 1 amide bonds. The summed E-state index contributed by atoms with van der Waals surface area (Å²) in [5.74, 6) is 0.821. The summed E-state index contributed by atoms with van der Waals surface area (Å²) in [4.78, 5) is 12.0. The summed E-state index contributed by atoms with van der Waals surface area (Å²) >= 11 is 0. The lowest BCUT2D eigenvalue weighted by molar-refractivity contribution is -0.119. The van der Waals surface area contributed by atoms with E-state index in [-0.39, 0.29) is 0 Å².